The van der Waals surface area contributed by atoms with Crippen molar-refractivity contribution in [3.8, 4) is 11.3 Å². The number of nitro groups is 1. The van der Waals surface area contributed by atoms with Crippen LogP contribution in [0.15, 0.2) is 18.2 Å². The molecule has 8 heteroatoms. The minimum atomic E-state index is -0.606. The lowest BCUT2D eigenvalue weighted by molar-refractivity contribution is -0.385. The largest absolute Gasteiger partial charge is 0.357 e. The molecule has 0 fully saturated rings. The molecular weight excluding hydrogens is 287 g/mol. The van der Waals surface area contributed by atoms with E-state index < -0.39 is 10.7 Å². The second-order valence-electron chi connectivity index (χ2n) is 3.96. The van der Waals surface area contributed by atoms with Gasteiger partial charge in [0.25, 0.3) is 0 Å². The quantitative estimate of drug-likeness (QED) is 0.695. The predicted molar refractivity (Wildman–Crippen MR) is 73.4 cm³/mol. The summed E-state index contributed by atoms with van der Waals surface area (Å²) in [5.41, 5.74) is 0.0119. The van der Waals surface area contributed by atoms with Crippen LogP contribution in [0.2, 0.25) is 5.02 Å². The molecule has 0 aliphatic carbocycles. The highest BCUT2D eigenvalue weighted by Crippen LogP contribution is 2.35. The number of aromatic nitrogens is 2. The maximum absolute atomic E-state index is 13.4. The second-order valence-corrected chi connectivity index (χ2v) is 4.37. The van der Waals surface area contributed by atoms with Crippen LogP contribution in [0.4, 0.5) is 16.0 Å². The molecule has 0 amide bonds. The highest BCUT2D eigenvalue weighted by molar-refractivity contribution is 6.33. The van der Waals surface area contributed by atoms with Gasteiger partial charge in [0.1, 0.15) is 11.5 Å². The number of nitrogens with one attached hydrogen (secondary N) is 1. The minimum absolute atomic E-state index is 0.0173. The van der Waals surface area contributed by atoms with E-state index in [0.717, 1.165) is 6.07 Å². The molecule has 0 aliphatic heterocycles. The molecule has 1 aromatic heterocycles. The Morgan fingerprint density at radius 3 is 2.70 bits per heavy atom. The Morgan fingerprint density at radius 1 is 1.40 bits per heavy atom. The third-order valence-electron chi connectivity index (χ3n) is 2.65. The van der Waals surface area contributed by atoms with Gasteiger partial charge in [0.05, 0.1) is 9.95 Å². The van der Waals surface area contributed by atoms with Crippen molar-refractivity contribution in [3.05, 3.63) is 44.8 Å². The van der Waals surface area contributed by atoms with E-state index in [0.29, 0.717) is 0 Å². The fourth-order valence-electron chi connectivity index (χ4n) is 1.76. The Kier molecular flexibility index (Phi) is 3.80. The molecule has 0 unspecified atom stereocenters. The van der Waals surface area contributed by atoms with Crippen LogP contribution in [-0.2, 0) is 0 Å². The van der Waals surface area contributed by atoms with Crippen LogP contribution < -0.4 is 5.32 Å². The molecule has 0 spiro atoms. The van der Waals surface area contributed by atoms with E-state index in [1.54, 1.807) is 7.05 Å². The number of benzene rings is 1. The molecule has 1 aromatic carbocycles. The van der Waals surface area contributed by atoms with E-state index in [2.05, 4.69) is 15.3 Å². The van der Waals surface area contributed by atoms with Gasteiger partial charge in [-0.15, -0.1) is 0 Å². The number of halogens is 2. The van der Waals surface area contributed by atoms with Crippen LogP contribution in [-0.4, -0.2) is 21.9 Å². The Bertz CT molecular complexity index is 693. The molecular formula is C12H10ClFN4O2. The molecule has 2 rings (SSSR count). The summed E-state index contributed by atoms with van der Waals surface area (Å²) in [5.74, 6) is -0.357. The highest BCUT2D eigenvalue weighted by Gasteiger charge is 2.24. The molecule has 0 aliphatic rings. The second kappa shape index (κ2) is 5.38. The molecule has 1 heterocycles. The first kappa shape index (κ1) is 14.1. The molecule has 2 aromatic rings. The van der Waals surface area contributed by atoms with Crippen LogP contribution in [0.1, 0.15) is 5.69 Å². The molecule has 104 valence electrons. The summed E-state index contributed by atoms with van der Waals surface area (Å²) in [4.78, 5) is 18.6. The summed E-state index contributed by atoms with van der Waals surface area (Å²) in [5, 5.41) is 14.1. The lowest BCUT2D eigenvalue weighted by atomic mass is 10.1. The molecule has 6 nitrogen and oxygen atoms in total. The normalized spacial score (nSPS) is 10.4. The lowest BCUT2D eigenvalue weighted by Gasteiger charge is -2.08. The van der Waals surface area contributed by atoms with Crippen LogP contribution >= 0.6 is 11.6 Å². The fraction of sp³-hybridized carbons (Fsp3) is 0.167. The first-order valence-electron chi connectivity index (χ1n) is 5.60. The van der Waals surface area contributed by atoms with Crippen molar-refractivity contribution in [2.75, 3.05) is 12.4 Å². The topological polar surface area (TPSA) is 81.0 Å². The molecule has 20 heavy (non-hydrogen) atoms. The van der Waals surface area contributed by atoms with Gasteiger partial charge in [-0.25, -0.2) is 14.4 Å². The maximum Gasteiger partial charge on any atom is 0.316 e. The molecule has 0 atom stereocenters. The summed E-state index contributed by atoms with van der Waals surface area (Å²) < 4.78 is 13.4. The van der Waals surface area contributed by atoms with E-state index >= 15 is 0 Å². The summed E-state index contributed by atoms with van der Waals surface area (Å²) in [6.07, 6.45) is 0. The SMILES string of the molecule is CNc1nc(C)c([N+](=O)[O-])c(-c2cc(F)ccc2Cl)n1. The summed E-state index contributed by atoms with van der Waals surface area (Å²) in [7, 11) is 1.58. The Labute approximate surface area is 118 Å². The summed E-state index contributed by atoms with van der Waals surface area (Å²) >= 11 is 5.99. The van der Waals surface area contributed by atoms with Crippen molar-refractivity contribution < 1.29 is 9.31 Å². The number of rotatable bonds is 3. The first-order valence-corrected chi connectivity index (χ1v) is 5.98. The smallest absolute Gasteiger partial charge is 0.316 e. The van der Waals surface area contributed by atoms with Crippen molar-refractivity contribution in [1.29, 1.82) is 0 Å². The van der Waals surface area contributed by atoms with Gasteiger partial charge in [-0.2, -0.15) is 0 Å². The van der Waals surface area contributed by atoms with E-state index in [9.17, 15) is 14.5 Å². The monoisotopic (exact) mass is 296 g/mol. The van der Waals surface area contributed by atoms with Crippen molar-refractivity contribution in [1.82, 2.24) is 9.97 Å². The van der Waals surface area contributed by atoms with Gasteiger partial charge in [0.2, 0.25) is 5.95 Å². The highest BCUT2D eigenvalue weighted by atomic mass is 35.5. The fourth-order valence-corrected chi connectivity index (χ4v) is 1.97. The zero-order valence-corrected chi connectivity index (χ0v) is 11.4. The Balaban J connectivity index is 2.80. The first-order chi connectivity index (χ1) is 9.43. The van der Waals surface area contributed by atoms with Crippen LogP contribution in [0.5, 0.6) is 0 Å². The third kappa shape index (κ3) is 2.53. The predicted octanol–water partition coefficient (Wildman–Crippen LogP) is 3.19. The van der Waals surface area contributed by atoms with Gasteiger partial charge >= 0.3 is 5.69 Å². The number of aryl methyl sites for hydroxylation is 1. The minimum Gasteiger partial charge on any atom is -0.357 e. The van der Waals surface area contributed by atoms with Gasteiger partial charge in [0, 0.05) is 12.6 Å². The van der Waals surface area contributed by atoms with E-state index in [1.165, 1.54) is 19.1 Å². The zero-order valence-electron chi connectivity index (χ0n) is 10.6. The van der Waals surface area contributed by atoms with Crippen molar-refractivity contribution in [2.45, 2.75) is 6.92 Å². The number of nitrogens with zero attached hydrogens (tertiary/aromatic N) is 3. The zero-order chi connectivity index (χ0) is 14.9. The standard InChI is InChI=1S/C12H10ClFN4O2/c1-6-11(18(19)20)10(17-12(15-2)16-6)8-5-7(14)3-4-9(8)13/h3-5H,1-2H3,(H,15,16,17). The molecule has 0 saturated carbocycles. The Morgan fingerprint density at radius 2 is 2.10 bits per heavy atom. The average molecular weight is 297 g/mol. The van der Waals surface area contributed by atoms with Crippen molar-refractivity contribution in [2.24, 2.45) is 0 Å². The summed E-state index contributed by atoms with van der Waals surface area (Å²) in [6.45, 7) is 1.48. The number of hydrogen-bond donors (Lipinski definition) is 1. The Hall–Kier alpha value is -2.28. The number of anilines is 1. The van der Waals surface area contributed by atoms with E-state index in [-0.39, 0.29) is 33.6 Å². The van der Waals surface area contributed by atoms with Gasteiger partial charge in [-0.1, -0.05) is 11.6 Å². The van der Waals surface area contributed by atoms with Gasteiger partial charge < -0.3 is 5.32 Å². The lowest BCUT2D eigenvalue weighted by Crippen LogP contribution is -2.05. The van der Waals surface area contributed by atoms with Crippen LogP contribution in [0.25, 0.3) is 11.3 Å². The van der Waals surface area contributed by atoms with Crippen molar-refractivity contribution in [3.63, 3.8) is 0 Å². The van der Waals surface area contributed by atoms with Crippen molar-refractivity contribution >= 4 is 23.2 Å². The van der Waals surface area contributed by atoms with E-state index in [4.69, 9.17) is 11.6 Å². The van der Waals surface area contributed by atoms with Crippen LogP contribution in [0.3, 0.4) is 0 Å². The third-order valence-corrected chi connectivity index (χ3v) is 2.98. The molecule has 1 N–H and O–H groups in total. The van der Waals surface area contributed by atoms with Gasteiger partial charge in [0.15, 0.2) is 5.69 Å². The van der Waals surface area contributed by atoms with Crippen LogP contribution in [0, 0.1) is 22.9 Å². The van der Waals surface area contributed by atoms with Gasteiger partial charge in [-0.3, -0.25) is 10.1 Å². The molecule has 0 bridgehead atoms. The molecule has 0 saturated heterocycles. The van der Waals surface area contributed by atoms with Gasteiger partial charge in [-0.05, 0) is 25.1 Å². The molecule has 0 radical (unpaired) electrons. The maximum atomic E-state index is 13.4. The summed E-state index contributed by atoms with van der Waals surface area (Å²) in [6, 6.07) is 3.60. The van der Waals surface area contributed by atoms with E-state index in [1.807, 2.05) is 0 Å². The average Bonchev–Trinajstić information content (AvgIpc) is 2.40. The number of hydrogen-bond acceptors (Lipinski definition) is 5.